The van der Waals surface area contributed by atoms with Crippen LogP contribution in [0.25, 0.3) is 6.08 Å². The third-order valence-corrected chi connectivity index (χ3v) is 6.67. The summed E-state index contributed by atoms with van der Waals surface area (Å²) in [4.78, 5) is 13.7. The number of fused-ring (bicyclic) bond motifs is 1. The lowest BCUT2D eigenvalue weighted by Crippen LogP contribution is -2.12. The third-order valence-electron chi connectivity index (χ3n) is 5.50. The molecule has 0 spiro atoms. The number of anilines is 1. The third kappa shape index (κ3) is 4.54. The van der Waals surface area contributed by atoms with Crippen molar-refractivity contribution in [3.63, 3.8) is 0 Å². The smallest absolute Gasteiger partial charge is 0.249 e. The molecule has 1 aromatic heterocycles. The molecule has 2 aromatic rings. The van der Waals surface area contributed by atoms with Crippen molar-refractivity contribution in [3.05, 3.63) is 57.5 Å². The largest absolute Gasteiger partial charge is 0.313 e. The molecule has 0 saturated carbocycles. The second kappa shape index (κ2) is 8.32. The summed E-state index contributed by atoms with van der Waals surface area (Å²) in [6.45, 7) is 8.76. The Balaban J connectivity index is 1.71. The van der Waals surface area contributed by atoms with E-state index in [4.69, 9.17) is 0 Å². The van der Waals surface area contributed by atoms with E-state index < -0.39 is 0 Å². The van der Waals surface area contributed by atoms with E-state index in [-0.39, 0.29) is 11.3 Å². The molecule has 1 aliphatic rings. The molecule has 1 atom stereocenters. The molecule has 0 saturated heterocycles. The normalized spacial score (nSPS) is 16.6. The van der Waals surface area contributed by atoms with Crippen LogP contribution in [0.15, 0.2) is 30.3 Å². The summed E-state index contributed by atoms with van der Waals surface area (Å²) >= 11 is 1.57. The quantitative estimate of drug-likeness (QED) is 0.641. The average molecular weight is 393 g/mol. The van der Waals surface area contributed by atoms with Gasteiger partial charge >= 0.3 is 0 Å². The average Bonchev–Trinajstić information content (AvgIpc) is 3.01. The van der Waals surface area contributed by atoms with Gasteiger partial charge in [-0.25, -0.2) is 0 Å². The number of nitriles is 1. The van der Waals surface area contributed by atoms with Gasteiger partial charge in [0.15, 0.2) is 0 Å². The van der Waals surface area contributed by atoms with Crippen molar-refractivity contribution < 1.29 is 4.79 Å². The van der Waals surface area contributed by atoms with Crippen LogP contribution in [0.3, 0.4) is 0 Å². The Kier molecular flexibility index (Phi) is 6.05. The second-order valence-electron chi connectivity index (χ2n) is 8.53. The minimum atomic E-state index is -0.193. The fourth-order valence-electron chi connectivity index (χ4n) is 3.63. The number of hydrogen-bond acceptors (Lipinski definition) is 3. The van der Waals surface area contributed by atoms with E-state index in [1.54, 1.807) is 17.4 Å². The molecule has 4 heteroatoms. The second-order valence-corrected chi connectivity index (χ2v) is 9.64. The van der Waals surface area contributed by atoms with E-state index in [0.29, 0.717) is 16.5 Å². The van der Waals surface area contributed by atoms with Crippen molar-refractivity contribution in [2.24, 2.45) is 5.92 Å². The van der Waals surface area contributed by atoms with E-state index in [1.165, 1.54) is 10.4 Å². The lowest BCUT2D eigenvalue weighted by molar-refractivity contribution is -0.111. The van der Waals surface area contributed by atoms with Crippen molar-refractivity contribution in [3.8, 4) is 6.07 Å². The zero-order chi connectivity index (χ0) is 20.3. The van der Waals surface area contributed by atoms with Crippen molar-refractivity contribution >= 4 is 28.3 Å². The number of thiophene rings is 1. The number of nitrogens with one attached hydrogen (secondary N) is 1. The number of amides is 1. The molecule has 1 amide bonds. The predicted octanol–water partition coefficient (Wildman–Crippen LogP) is 6.08. The molecule has 0 bridgehead atoms. The van der Waals surface area contributed by atoms with Crippen LogP contribution in [-0.2, 0) is 23.1 Å². The van der Waals surface area contributed by atoms with Crippen LogP contribution in [0.5, 0.6) is 0 Å². The molecule has 0 fully saturated rings. The monoisotopic (exact) mass is 392 g/mol. The van der Waals surface area contributed by atoms with Crippen LogP contribution in [0.1, 0.15) is 67.7 Å². The molecular weight excluding hydrogens is 364 g/mol. The van der Waals surface area contributed by atoms with Crippen LogP contribution in [0, 0.1) is 17.2 Å². The van der Waals surface area contributed by atoms with E-state index in [2.05, 4.69) is 51.2 Å². The van der Waals surface area contributed by atoms with Crippen molar-refractivity contribution in [2.45, 2.75) is 58.8 Å². The Bertz CT molecular complexity index is 923. The molecule has 146 valence electrons. The maximum atomic E-state index is 12.4. The molecule has 3 rings (SSSR count). The lowest BCUT2D eigenvalue weighted by Gasteiger charge is -2.20. The van der Waals surface area contributed by atoms with Crippen LogP contribution < -0.4 is 5.32 Å². The molecule has 3 nitrogen and oxygen atoms in total. The molecule has 1 aliphatic carbocycles. The first-order valence-corrected chi connectivity index (χ1v) is 10.8. The molecule has 28 heavy (non-hydrogen) atoms. The Morgan fingerprint density at radius 2 is 2.04 bits per heavy atom. The lowest BCUT2D eigenvalue weighted by atomic mass is 9.86. The highest BCUT2D eigenvalue weighted by molar-refractivity contribution is 7.16. The summed E-state index contributed by atoms with van der Waals surface area (Å²) in [5.74, 6) is 0.499. The van der Waals surface area contributed by atoms with Gasteiger partial charge in [-0.15, -0.1) is 11.3 Å². The maximum absolute atomic E-state index is 12.4. The SMILES string of the molecule is CC[C@H]1CCc2c(sc(NC(=O)/C=C\c3ccc(C(C)(C)C)cc3)c2C#N)C1. The molecular formula is C24H28N2OS. The number of benzene rings is 1. The van der Waals surface area contributed by atoms with Crippen molar-refractivity contribution in [2.75, 3.05) is 5.32 Å². The van der Waals surface area contributed by atoms with Crippen LogP contribution in [0.4, 0.5) is 5.00 Å². The first-order chi connectivity index (χ1) is 13.3. The van der Waals surface area contributed by atoms with E-state index in [1.807, 2.05) is 18.2 Å². The van der Waals surface area contributed by atoms with Gasteiger partial charge < -0.3 is 5.32 Å². The molecule has 1 N–H and O–H groups in total. The zero-order valence-electron chi connectivity index (χ0n) is 17.1. The zero-order valence-corrected chi connectivity index (χ0v) is 18.0. The van der Waals surface area contributed by atoms with Gasteiger partial charge in [0.25, 0.3) is 0 Å². The summed E-state index contributed by atoms with van der Waals surface area (Å²) < 4.78 is 0. The van der Waals surface area contributed by atoms with Crippen LogP contribution >= 0.6 is 11.3 Å². The fraction of sp³-hybridized carbons (Fsp3) is 0.417. The molecule has 0 unspecified atom stereocenters. The number of carbonyl (C=O) groups is 1. The van der Waals surface area contributed by atoms with Gasteiger partial charge in [0.1, 0.15) is 11.1 Å². The number of nitrogens with zero attached hydrogens (tertiary/aromatic N) is 1. The Morgan fingerprint density at radius 1 is 1.32 bits per heavy atom. The van der Waals surface area contributed by atoms with E-state index in [0.717, 1.165) is 36.8 Å². The van der Waals surface area contributed by atoms with Crippen LogP contribution in [-0.4, -0.2) is 5.91 Å². The minimum Gasteiger partial charge on any atom is -0.313 e. The first-order valence-electron chi connectivity index (χ1n) is 9.96. The summed E-state index contributed by atoms with van der Waals surface area (Å²) in [6, 6.07) is 10.6. The fourth-order valence-corrected chi connectivity index (χ4v) is 4.94. The Morgan fingerprint density at radius 3 is 2.64 bits per heavy atom. The Hall–Kier alpha value is -2.38. The molecule has 0 radical (unpaired) electrons. The van der Waals surface area contributed by atoms with Crippen molar-refractivity contribution in [1.82, 2.24) is 0 Å². The maximum Gasteiger partial charge on any atom is 0.249 e. The summed E-state index contributed by atoms with van der Waals surface area (Å²) in [6.07, 6.45) is 7.62. The summed E-state index contributed by atoms with van der Waals surface area (Å²) in [5, 5.41) is 13.2. The Labute approximate surface area is 172 Å². The summed E-state index contributed by atoms with van der Waals surface area (Å²) in [7, 11) is 0. The van der Waals surface area contributed by atoms with Gasteiger partial charge in [0.2, 0.25) is 5.91 Å². The number of hydrogen-bond donors (Lipinski definition) is 1. The predicted molar refractivity (Wildman–Crippen MR) is 118 cm³/mol. The highest BCUT2D eigenvalue weighted by Gasteiger charge is 2.25. The van der Waals surface area contributed by atoms with Gasteiger partial charge in [0.05, 0.1) is 5.56 Å². The summed E-state index contributed by atoms with van der Waals surface area (Å²) in [5.41, 5.74) is 4.17. The minimum absolute atomic E-state index is 0.113. The highest BCUT2D eigenvalue weighted by atomic mass is 32.1. The van der Waals surface area contributed by atoms with Crippen LogP contribution in [0.2, 0.25) is 0 Å². The molecule has 0 aliphatic heterocycles. The topological polar surface area (TPSA) is 52.9 Å². The van der Waals surface area contributed by atoms with Gasteiger partial charge in [0, 0.05) is 11.0 Å². The molecule has 1 aromatic carbocycles. The van der Waals surface area contributed by atoms with Gasteiger partial charge in [-0.1, -0.05) is 58.4 Å². The highest BCUT2D eigenvalue weighted by Crippen LogP contribution is 2.40. The first kappa shape index (κ1) is 20.4. The van der Waals surface area contributed by atoms with Gasteiger partial charge in [-0.2, -0.15) is 5.26 Å². The van der Waals surface area contributed by atoms with Gasteiger partial charge in [-0.05, 0) is 53.4 Å². The molecule has 1 heterocycles. The number of rotatable bonds is 4. The standard InChI is InChI=1S/C24H28N2OS/c1-5-16-8-12-19-20(15-25)23(28-21(19)14-16)26-22(27)13-9-17-6-10-18(11-7-17)24(2,3)4/h6-7,9-11,13,16H,5,8,12,14H2,1-4H3,(H,26,27)/b13-9-/t16-/m0/s1. The van der Waals surface area contributed by atoms with E-state index in [9.17, 15) is 10.1 Å². The van der Waals surface area contributed by atoms with E-state index >= 15 is 0 Å². The van der Waals surface area contributed by atoms with Crippen molar-refractivity contribution in [1.29, 1.82) is 5.26 Å². The van der Waals surface area contributed by atoms with Gasteiger partial charge in [-0.3, -0.25) is 4.79 Å². The number of carbonyl (C=O) groups excluding carboxylic acids is 1.